The molecule has 2 rings (SSSR count). The standard InChI is InChI=1S/C16H16ClF2NO/c1-2-20-16(11-6-13(18)9-14(19)7-11)10-21-15-5-3-4-12(17)8-15/h3-9,16,20H,2,10H2,1H3. The number of likely N-dealkylation sites (N-methyl/N-ethyl adjacent to an activating group) is 1. The van der Waals surface area contributed by atoms with Gasteiger partial charge in [-0.3, -0.25) is 0 Å². The molecule has 0 aliphatic heterocycles. The Morgan fingerprint density at radius 1 is 1.14 bits per heavy atom. The largest absolute Gasteiger partial charge is 0.492 e. The molecule has 21 heavy (non-hydrogen) atoms. The maximum Gasteiger partial charge on any atom is 0.126 e. The third kappa shape index (κ3) is 4.69. The average molecular weight is 312 g/mol. The quantitative estimate of drug-likeness (QED) is 0.856. The third-order valence-electron chi connectivity index (χ3n) is 2.95. The van der Waals surface area contributed by atoms with Crippen molar-refractivity contribution in [3.63, 3.8) is 0 Å². The first-order valence-corrected chi connectivity index (χ1v) is 7.04. The minimum atomic E-state index is -0.601. The molecule has 0 radical (unpaired) electrons. The molecule has 1 atom stereocenters. The molecule has 2 nitrogen and oxygen atoms in total. The van der Waals surface area contributed by atoms with Gasteiger partial charge in [0.25, 0.3) is 0 Å². The zero-order valence-corrected chi connectivity index (χ0v) is 12.3. The fourth-order valence-corrected chi connectivity index (χ4v) is 2.21. The fourth-order valence-electron chi connectivity index (χ4n) is 2.03. The third-order valence-corrected chi connectivity index (χ3v) is 3.19. The first-order chi connectivity index (χ1) is 10.1. The summed E-state index contributed by atoms with van der Waals surface area (Å²) in [5, 5.41) is 3.72. The Bertz CT molecular complexity index is 586. The number of benzene rings is 2. The van der Waals surface area contributed by atoms with E-state index < -0.39 is 11.6 Å². The maximum absolute atomic E-state index is 13.3. The van der Waals surface area contributed by atoms with Gasteiger partial charge in [0.2, 0.25) is 0 Å². The van der Waals surface area contributed by atoms with Crippen LogP contribution in [-0.2, 0) is 0 Å². The molecule has 5 heteroatoms. The Morgan fingerprint density at radius 2 is 1.86 bits per heavy atom. The van der Waals surface area contributed by atoms with Gasteiger partial charge in [-0.2, -0.15) is 0 Å². The average Bonchev–Trinajstić information content (AvgIpc) is 2.42. The first-order valence-electron chi connectivity index (χ1n) is 6.66. The van der Waals surface area contributed by atoms with Gasteiger partial charge in [-0.25, -0.2) is 8.78 Å². The smallest absolute Gasteiger partial charge is 0.126 e. The lowest BCUT2D eigenvalue weighted by atomic mass is 10.1. The minimum Gasteiger partial charge on any atom is -0.492 e. The predicted molar refractivity (Wildman–Crippen MR) is 79.7 cm³/mol. The Hall–Kier alpha value is -1.65. The topological polar surface area (TPSA) is 21.3 Å². The van der Waals surface area contributed by atoms with Crippen LogP contribution in [0.25, 0.3) is 0 Å². The summed E-state index contributed by atoms with van der Waals surface area (Å²) >= 11 is 5.89. The summed E-state index contributed by atoms with van der Waals surface area (Å²) in [5.41, 5.74) is 0.511. The highest BCUT2D eigenvalue weighted by Crippen LogP contribution is 2.21. The molecule has 112 valence electrons. The Kier molecular flexibility index (Phi) is 5.53. The number of nitrogens with one attached hydrogen (secondary N) is 1. The van der Waals surface area contributed by atoms with Crippen molar-refractivity contribution in [3.05, 3.63) is 64.7 Å². The molecule has 0 heterocycles. The molecule has 0 saturated heterocycles. The van der Waals surface area contributed by atoms with Gasteiger partial charge in [-0.15, -0.1) is 0 Å². The second-order valence-corrected chi connectivity index (χ2v) is 5.02. The van der Waals surface area contributed by atoms with Gasteiger partial charge in [0.15, 0.2) is 0 Å². The van der Waals surface area contributed by atoms with Gasteiger partial charge in [0, 0.05) is 11.1 Å². The summed E-state index contributed by atoms with van der Waals surface area (Å²) in [6.45, 7) is 2.82. The molecule has 0 fully saturated rings. The Labute approximate surface area is 127 Å². The first kappa shape index (κ1) is 15.7. The van der Waals surface area contributed by atoms with Gasteiger partial charge >= 0.3 is 0 Å². The molecule has 2 aromatic carbocycles. The number of hydrogen-bond acceptors (Lipinski definition) is 2. The highest BCUT2D eigenvalue weighted by molar-refractivity contribution is 6.30. The summed E-state index contributed by atoms with van der Waals surface area (Å²) in [5.74, 6) is -0.589. The molecule has 1 unspecified atom stereocenters. The van der Waals surface area contributed by atoms with Crippen molar-refractivity contribution in [2.75, 3.05) is 13.2 Å². The van der Waals surface area contributed by atoms with Crippen LogP contribution in [0.15, 0.2) is 42.5 Å². The Balaban J connectivity index is 2.11. The monoisotopic (exact) mass is 311 g/mol. The van der Waals surface area contributed by atoms with Crippen molar-refractivity contribution in [2.24, 2.45) is 0 Å². The molecule has 0 spiro atoms. The zero-order chi connectivity index (χ0) is 15.2. The van der Waals surface area contributed by atoms with Gasteiger partial charge < -0.3 is 10.1 Å². The molecule has 0 aliphatic rings. The maximum atomic E-state index is 13.3. The molecule has 0 aromatic heterocycles. The molecule has 1 N–H and O–H groups in total. The van der Waals surface area contributed by atoms with E-state index in [0.717, 1.165) is 6.07 Å². The SMILES string of the molecule is CCNC(COc1cccc(Cl)c1)c1cc(F)cc(F)c1. The normalized spacial score (nSPS) is 12.2. The van der Waals surface area contributed by atoms with E-state index in [4.69, 9.17) is 16.3 Å². The summed E-state index contributed by atoms with van der Waals surface area (Å²) in [7, 11) is 0. The summed E-state index contributed by atoms with van der Waals surface area (Å²) < 4.78 is 32.3. The molecule has 0 aliphatic carbocycles. The number of halogens is 3. The molecular weight excluding hydrogens is 296 g/mol. The summed E-state index contributed by atoms with van der Waals surface area (Å²) in [6, 6.07) is 10.1. The van der Waals surface area contributed by atoms with E-state index in [9.17, 15) is 8.78 Å². The van der Waals surface area contributed by atoms with Crippen LogP contribution in [-0.4, -0.2) is 13.2 Å². The number of ether oxygens (including phenoxy) is 1. The molecular formula is C16H16ClF2NO. The van der Waals surface area contributed by atoms with Crippen LogP contribution in [0.4, 0.5) is 8.78 Å². The Morgan fingerprint density at radius 3 is 2.48 bits per heavy atom. The lowest BCUT2D eigenvalue weighted by molar-refractivity contribution is 0.267. The van der Waals surface area contributed by atoms with Crippen LogP contribution in [0.1, 0.15) is 18.5 Å². The lowest BCUT2D eigenvalue weighted by Gasteiger charge is -2.19. The summed E-state index contributed by atoms with van der Waals surface area (Å²) in [4.78, 5) is 0. The van der Waals surface area contributed by atoms with Crippen molar-refractivity contribution < 1.29 is 13.5 Å². The zero-order valence-electron chi connectivity index (χ0n) is 11.6. The van der Waals surface area contributed by atoms with Crippen molar-refractivity contribution in [1.82, 2.24) is 5.32 Å². The van der Waals surface area contributed by atoms with E-state index in [1.54, 1.807) is 24.3 Å². The van der Waals surface area contributed by atoms with Crippen molar-refractivity contribution in [1.29, 1.82) is 0 Å². The predicted octanol–water partition coefficient (Wildman–Crippen LogP) is 4.35. The lowest BCUT2D eigenvalue weighted by Crippen LogP contribution is -2.26. The van der Waals surface area contributed by atoms with Crippen LogP contribution in [0, 0.1) is 11.6 Å². The highest BCUT2D eigenvalue weighted by atomic mass is 35.5. The van der Waals surface area contributed by atoms with Crippen LogP contribution in [0.2, 0.25) is 5.02 Å². The summed E-state index contributed by atoms with van der Waals surface area (Å²) in [6.07, 6.45) is 0. The number of hydrogen-bond donors (Lipinski definition) is 1. The molecule has 0 bridgehead atoms. The van der Waals surface area contributed by atoms with E-state index in [0.29, 0.717) is 22.9 Å². The molecule has 2 aromatic rings. The van der Waals surface area contributed by atoms with Crippen LogP contribution in [0.5, 0.6) is 5.75 Å². The van der Waals surface area contributed by atoms with E-state index >= 15 is 0 Å². The van der Waals surface area contributed by atoms with E-state index in [2.05, 4.69) is 5.32 Å². The van der Waals surface area contributed by atoms with Crippen LogP contribution >= 0.6 is 11.6 Å². The van der Waals surface area contributed by atoms with Crippen molar-refractivity contribution in [3.8, 4) is 5.75 Å². The minimum absolute atomic E-state index is 0.247. The van der Waals surface area contributed by atoms with E-state index in [1.807, 2.05) is 6.92 Å². The van der Waals surface area contributed by atoms with Gasteiger partial charge in [0.05, 0.1) is 6.04 Å². The van der Waals surface area contributed by atoms with Gasteiger partial charge in [-0.1, -0.05) is 24.6 Å². The second kappa shape index (κ2) is 7.38. The van der Waals surface area contributed by atoms with E-state index in [1.165, 1.54) is 12.1 Å². The van der Waals surface area contributed by atoms with Crippen molar-refractivity contribution in [2.45, 2.75) is 13.0 Å². The van der Waals surface area contributed by atoms with E-state index in [-0.39, 0.29) is 12.6 Å². The van der Waals surface area contributed by atoms with Crippen molar-refractivity contribution >= 4 is 11.6 Å². The van der Waals surface area contributed by atoms with Gasteiger partial charge in [-0.05, 0) is 42.4 Å². The molecule has 0 saturated carbocycles. The van der Waals surface area contributed by atoms with Crippen LogP contribution in [0.3, 0.4) is 0 Å². The molecule has 0 amide bonds. The van der Waals surface area contributed by atoms with Gasteiger partial charge in [0.1, 0.15) is 24.0 Å². The fraction of sp³-hybridized carbons (Fsp3) is 0.250. The van der Waals surface area contributed by atoms with Crippen LogP contribution < -0.4 is 10.1 Å². The second-order valence-electron chi connectivity index (χ2n) is 4.58. The highest BCUT2D eigenvalue weighted by Gasteiger charge is 2.14. The number of rotatable bonds is 6.